The Morgan fingerprint density at radius 1 is 1.32 bits per heavy atom. The van der Waals surface area contributed by atoms with E-state index in [9.17, 15) is 4.79 Å². The fraction of sp³-hybridized carbons (Fsp3) is 0.500. The van der Waals surface area contributed by atoms with Crippen LogP contribution in [0.15, 0.2) is 24.3 Å². The first-order chi connectivity index (χ1) is 9.06. The smallest absolute Gasteiger partial charge is 0.322 e. The summed E-state index contributed by atoms with van der Waals surface area (Å²) in [4.78, 5) is 16.5. The number of urea groups is 1. The van der Waals surface area contributed by atoms with Crippen molar-refractivity contribution in [3.05, 3.63) is 24.3 Å². The van der Waals surface area contributed by atoms with E-state index in [4.69, 9.17) is 5.73 Å². The van der Waals surface area contributed by atoms with Gasteiger partial charge in [0.25, 0.3) is 0 Å². The van der Waals surface area contributed by atoms with Gasteiger partial charge in [0.05, 0.1) is 0 Å². The van der Waals surface area contributed by atoms with Crippen molar-refractivity contribution in [2.75, 3.05) is 37.7 Å². The van der Waals surface area contributed by atoms with Gasteiger partial charge in [-0.3, -0.25) is 0 Å². The Morgan fingerprint density at radius 2 is 2.00 bits per heavy atom. The van der Waals surface area contributed by atoms with Gasteiger partial charge >= 0.3 is 6.03 Å². The van der Waals surface area contributed by atoms with Gasteiger partial charge in [-0.2, -0.15) is 0 Å². The lowest BCUT2D eigenvalue weighted by molar-refractivity contribution is 0.190. The average Bonchev–Trinajstić information content (AvgIpc) is 2.53. The number of hydrogen-bond acceptors (Lipinski definition) is 3. The maximum Gasteiger partial charge on any atom is 0.322 e. The molecule has 1 heterocycles. The summed E-state index contributed by atoms with van der Waals surface area (Å²) in [7, 11) is 2.10. The number of nitrogens with one attached hydrogen (secondary N) is 1. The molecule has 19 heavy (non-hydrogen) atoms. The van der Waals surface area contributed by atoms with Crippen LogP contribution < -0.4 is 11.1 Å². The molecule has 0 aliphatic carbocycles. The number of nitrogen functional groups attached to an aromatic ring is 1. The van der Waals surface area contributed by atoms with E-state index in [1.807, 2.05) is 17.0 Å². The minimum absolute atomic E-state index is 0.0347. The van der Waals surface area contributed by atoms with Crippen LogP contribution in [0.3, 0.4) is 0 Å². The van der Waals surface area contributed by atoms with Crippen molar-refractivity contribution in [2.24, 2.45) is 0 Å². The highest BCUT2D eigenvalue weighted by Gasteiger charge is 2.23. The molecule has 5 heteroatoms. The van der Waals surface area contributed by atoms with E-state index < -0.39 is 0 Å². The zero-order chi connectivity index (χ0) is 13.8. The second kappa shape index (κ2) is 5.93. The SMILES string of the molecule is CC1CN(C)CCCN1C(=O)Nc1ccc(N)cc1. The third kappa shape index (κ3) is 3.61. The van der Waals surface area contributed by atoms with Crippen LogP contribution in [0.1, 0.15) is 13.3 Å². The Bertz CT molecular complexity index is 432. The number of rotatable bonds is 1. The molecule has 3 N–H and O–H groups in total. The number of carbonyl (C=O) groups excluding carboxylic acids is 1. The van der Waals surface area contributed by atoms with Crippen LogP contribution in [0.2, 0.25) is 0 Å². The zero-order valence-corrected chi connectivity index (χ0v) is 11.6. The van der Waals surface area contributed by atoms with Gasteiger partial charge in [0.1, 0.15) is 0 Å². The Kier molecular flexibility index (Phi) is 4.27. The lowest BCUT2D eigenvalue weighted by Crippen LogP contribution is -2.44. The summed E-state index contributed by atoms with van der Waals surface area (Å²) >= 11 is 0. The lowest BCUT2D eigenvalue weighted by Gasteiger charge is -2.28. The van der Waals surface area contributed by atoms with Crippen LogP contribution in [0.5, 0.6) is 0 Å². The van der Waals surface area contributed by atoms with E-state index in [-0.39, 0.29) is 12.1 Å². The third-order valence-electron chi connectivity index (χ3n) is 3.47. The molecule has 0 spiro atoms. The summed E-state index contributed by atoms with van der Waals surface area (Å²) in [5, 5.41) is 2.92. The van der Waals surface area contributed by atoms with Crippen molar-refractivity contribution < 1.29 is 4.79 Å². The van der Waals surface area contributed by atoms with Gasteiger partial charge in [-0.05, 0) is 51.2 Å². The van der Waals surface area contributed by atoms with Crippen molar-refractivity contribution in [1.29, 1.82) is 0 Å². The van der Waals surface area contributed by atoms with Gasteiger partial charge < -0.3 is 20.9 Å². The highest BCUT2D eigenvalue weighted by atomic mass is 16.2. The molecule has 0 saturated carbocycles. The molecule has 1 aliphatic heterocycles. The normalized spacial score (nSPS) is 20.9. The highest BCUT2D eigenvalue weighted by Crippen LogP contribution is 2.14. The standard InChI is InChI=1S/C14H22N4O/c1-11-10-17(2)8-3-9-18(11)14(19)16-13-6-4-12(15)5-7-13/h4-7,11H,3,8-10,15H2,1-2H3,(H,16,19). The quantitative estimate of drug-likeness (QED) is 0.759. The van der Waals surface area contributed by atoms with Crippen LogP contribution in [-0.2, 0) is 0 Å². The zero-order valence-electron chi connectivity index (χ0n) is 11.6. The molecule has 2 rings (SSSR count). The first-order valence-corrected chi connectivity index (χ1v) is 6.68. The molecular formula is C14H22N4O. The van der Waals surface area contributed by atoms with Crippen molar-refractivity contribution in [3.8, 4) is 0 Å². The van der Waals surface area contributed by atoms with E-state index in [1.165, 1.54) is 0 Å². The predicted octanol–water partition coefficient (Wildman–Crippen LogP) is 1.83. The number of hydrogen-bond donors (Lipinski definition) is 2. The molecule has 1 unspecified atom stereocenters. The molecule has 0 radical (unpaired) electrons. The molecule has 1 aromatic rings. The van der Waals surface area contributed by atoms with Gasteiger partial charge in [-0.15, -0.1) is 0 Å². The fourth-order valence-electron chi connectivity index (χ4n) is 2.44. The molecule has 5 nitrogen and oxygen atoms in total. The largest absolute Gasteiger partial charge is 0.399 e. The number of nitrogens with two attached hydrogens (primary N) is 1. The van der Waals surface area contributed by atoms with E-state index >= 15 is 0 Å². The third-order valence-corrected chi connectivity index (χ3v) is 3.47. The predicted molar refractivity (Wildman–Crippen MR) is 78.2 cm³/mol. The summed E-state index contributed by atoms with van der Waals surface area (Å²) in [6.45, 7) is 4.84. The molecular weight excluding hydrogens is 240 g/mol. The van der Waals surface area contributed by atoms with Gasteiger partial charge in [-0.25, -0.2) is 4.79 Å². The van der Waals surface area contributed by atoms with E-state index in [0.29, 0.717) is 5.69 Å². The number of anilines is 2. The first kappa shape index (κ1) is 13.7. The second-order valence-corrected chi connectivity index (χ2v) is 5.21. The van der Waals surface area contributed by atoms with Crippen LogP contribution in [0, 0.1) is 0 Å². The first-order valence-electron chi connectivity index (χ1n) is 6.68. The molecule has 1 fully saturated rings. The number of likely N-dealkylation sites (N-methyl/N-ethyl adjacent to an activating group) is 1. The Balaban J connectivity index is 2.00. The number of benzene rings is 1. The Labute approximate surface area is 114 Å². The van der Waals surface area contributed by atoms with Crippen molar-refractivity contribution >= 4 is 17.4 Å². The second-order valence-electron chi connectivity index (χ2n) is 5.21. The highest BCUT2D eigenvalue weighted by molar-refractivity contribution is 5.89. The summed E-state index contributed by atoms with van der Waals surface area (Å²) < 4.78 is 0. The topological polar surface area (TPSA) is 61.6 Å². The summed E-state index contributed by atoms with van der Waals surface area (Å²) in [5.41, 5.74) is 7.11. The maximum absolute atomic E-state index is 12.3. The lowest BCUT2D eigenvalue weighted by atomic mass is 10.2. The summed E-state index contributed by atoms with van der Waals surface area (Å²) in [6.07, 6.45) is 1.01. The molecule has 104 valence electrons. The fourth-order valence-corrected chi connectivity index (χ4v) is 2.44. The molecule has 0 aromatic heterocycles. The minimum Gasteiger partial charge on any atom is -0.399 e. The summed E-state index contributed by atoms with van der Waals surface area (Å²) in [6, 6.07) is 7.41. The van der Waals surface area contributed by atoms with Crippen molar-refractivity contribution in [2.45, 2.75) is 19.4 Å². The Morgan fingerprint density at radius 3 is 2.68 bits per heavy atom. The average molecular weight is 262 g/mol. The van der Waals surface area contributed by atoms with Crippen molar-refractivity contribution in [3.63, 3.8) is 0 Å². The van der Waals surface area contributed by atoms with Gasteiger partial charge in [-0.1, -0.05) is 0 Å². The van der Waals surface area contributed by atoms with E-state index in [2.05, 4.69) is 24.2 Å². The molecule has 1 aliphatic rings. The van der Waals surface area contributed by atoms with E-state index in [1.54, 1.807) is 12.1 Å². The van der Waals surface area contributed by atoms with Gasteiger partial charge in [0, 0.05) is 30.5 Å². The molecule has 1 aromatic carbocycles. The van der Waals surface area contributed by atoms with Crippen LogP contribution in [0.4, 0.5) is 16.2 Å². The molecule has 2 amide bonds. The molecule has 1 saturated heterocycles. The molecule has 0 bridgehead atoms. The molecule has 1 atom stereocenters. The van der Waals surface area contributed by atoms with Crippen molar-refractivity contribution in [1.82, 2.24) is 9.80 Å². The summed E-state index contributed by atoms with van der Waals surface area (Å²) in [5.74, 6) is 0. The van der Waals surface area contributed by atoms with E-state index in [0.717, 1.165) is 31.7 Å². The minimum atomic E-state index is -0.0347. The van der Waals surface area contributed by atoms with Crippen LogP contribution in [-0.4, -0.2) is 48.6 Å². The Hall–Kier alpha value is -1.75. The van der Waals surface area contributed by atoms with Gasteiger partial charge in [0.2, 0.25) is 0 Å². The number of carbonyl (C=O) groups is 1. The monoisotopic (exact) mass is 262 g/mol. The van der Waals surface area contributed by atoms with Crippen LogP contribution >= 0.6 is 0 Å². The number of nitrogens with zero attached hydrogens (tertiary/aromatic N) is 2. The van der Waals surface area contributed by atoms with Gasteiger partial charge in [0.15, 0.2) is 0 Å². The maximum atomic E-state index is 12.3. The van der Waals surface area contributed by atoms with Crippen LogP contribution in [0.25, 0.3) is 0 Å². The number of amides is 2.